The number of nitrogens with zero attached hydrogens (tertiary/aromatic N) is 1. The summed E-state index contributed by atoms with van der Waals surface area (Å²) in [5.74, 6) is -0.0363. The van der Waals surface area contributed by atoms with Crippen LogP contribution in [0.3, 0.4) is 0 Å². The monoisotopic (exact) mass is 404 g/mol. The normalized spacial score (nSPS) is 10.9. The molecule has 1 heterocycles. The van der Waals surface area contributed by atoms with Crippen molar-refractivity contribution in [3.8, 4) is 0 Å². The number of hydrogen-bond donors (Lipinski definition) is 2. The Morgan fingerprint density at radius 2 is 1.62 bits per heavy atom. The van der Waals surface area contributed by atoms with E-state index in [0.717, 1.165) is 33.4 Å². The number of hydrogen-bond acceptors (Lipinski definition) is 2. The smallest absolute Gasteiger partial charge is 0.307 e. The van der Waals surface area contributed by atoms with Gasteiger partial charge in [-0.05, 0) is 23.3 Å². The number of rotatable bonds is 7. The highest BCUT2D eigenvalue weighted by atomic mass is 35.5. The van der Waals surface area contributed by atoms with Crippen molar-refractivity contribution in [1.29, 1.82) is 0 Å². The van der Waals surface area contributed by atoms with Gasteiger partial charge in [0.2, 0.25) is 0 Å². The highest BCUT2D eigenvalue weighted by Crippen LogP contribution is 2.32. The Balaban J connectivity index is 1.81. The summed E-state index contributed by atoms with van der Waals surface area (Å²) in [6, 6.07) is 25.8. The molecule has 4 nitrogen and oxygen atoms in total. The van der Waals surface area contributed by atoms with Gasteiger partial charge in [0.25, 0.3) is 0 Å². The number of carboxylic acids is 1. The molecular formula is C24H21ClN2O2. The van der Waals surface area contributed by atoms with Crippen molar-refractivity contribution in [2.75, 3.05) is 5.32 Å². The Morgan fingerprint density at radius 3 is 2.38 bits per heavy atom. The van der Waals surface area contributed by atoms with E-state index in [1.165, 1.54) is 0 Å². The summed E-state index contributed by atoms with van der Waals surface area (Å²) < 4.78 is 2.15. The molecule has 0 radical (unpaired) electrons. The summed E-state index contributed by atoms with van der Waals surface area (Å²) in [6.07, 6.45) is -0.0485. The van der Waals surface area contributed by atoms with Gasteiger partial charge in [-0.3, -0.25) is 4.79 Å². The number of halogens is 1. The molecular weight excluding hydrogens is 384 g/mol. The fraction of sp³-hybridized carbons (Fsp3) is 0.125. The number of aromatic nitrogens is 1. The average molecular weight is 405 g/mol. The first-order valence-electron chi connectivity index (χ1n) is 9.46. The molecule has 0 unspecified atom stereocenters. The van der Waals surface area contributed by atoms with Crippen molar-refractivity contribution < 1.29 is 9.90 Å². The van der Waals surface area contributed by atoms with Gasteiger partial charge in [0.15, 0.2) is 0 Å². The fourth-order valence-corrected chi connectivity index (χ4v) is 3.86. The number of para-hydroxylation sites is 1. The van der Waals surface area contributed by atoms with E-state index in [2.05, 4.69) is 22.0 Å². The van der Waals surface area contributed by atoms with E-state index in [4.69, 9.17) is 11.6 Å². The lowest BCUT2D eigenvalue weighted by molar-refractivity contribution is -0.136. The fourth-order valence-electron chi connectivity index (χ4n) is 3.66. The number of fused-ring (bicyclic) bond motifs is 1. The van der Waals surface area contributed by atoms with E-state index >= 15 is 0 Å². The summed E-state index contributed by atoms with van der Waals surface area (Å²) in [5, 5.41) is 14.6. The Hall–Kier alpha value is -3.24. The van der Waals surface area contributed by atoms with Crippen LogP contribution in [0.2, 0.25) is 5.02 Å². The second-order valence-corrected chi connectivity index (χ2v) is 7.34. The van der Waals surface area contributed by atoms with Gasteiger partial charge < -0.3 is 15.0 Å². The third-order valence-electron chi connectivity index (χ3n) is 4.99. The van der Waals surface area contributed by atoms with Crippen LogP contribution in [0.5, 0.6) is 0 Å². The summed E-state index contributed by atoms with van der Waals surface area (Å²) in [7, 11) is 0. The van der Waals surface area contributed by atoms with E-state index in [9.17, 15) is 9.90 Å². The van der Waals surface area contributed by atoms with Crippen LogP contribution in [0.15, 0.2) is 78.9 Å². The Morgan fingerprint density at radius 1 is 0.931 bits per heavy atom. The van der Waals surface area contributed by atoms with Gasteiger partial charge >= 0.3 is 5.97 Å². The van der Waals surface area contributed by atoms with Crippen LogP contribution in [-0.2, 0) is 24.3 Å². The molecule has 0 atom stereocenters. The standard InChI is InChI=1S/C24H21ClN2O2/c25-21-12-6-4-10-18(21)15-26-24-20(14-23(28)29)19-11-5-7-13-22(19)27(24)16-17-8-2-1-3-9-17/h1-13,26H,14-16H2,(H,28,29). The molecule has 0 bridgehead atoms. The van der Waals surface area contributed by atoms with Crippen molar-refractivity contribution in [2.24, 2.45) is 0 Å². The Labute approximate surface area is 174 Å². The first-order valence-corrected chi connectivity index (χ1v) is 9.84. The van der Waals surface area contributed by atoms with Gasteiger partial charge in [0, 0.05) is 29.1 Å². The number of carbonyl (C=O) groups is 1. The van der Waals surface area contributed by atoms with E-state index < -0.39 is 5.97 Å². The molecule has 0 saturated carbocycles. The summed E-state index contributed by atoms with van der Waals surface area (Å²) in [5.41, 5.74) is 3.91. The predicted octanol–water partition coefficient (Wildman–Crippen LogP) is 5.58. The molecule has 4 rings (SSSR count). The third kappa shape index (κ3) is 4.13. The van der Waals surface area contributed by atoms with Crippen LogP contribution >= 0.6 is 11.6 Å². The van der Waals surface area contributed by atoms with Crippen molar-refractivity contribution in [1.82, 2.24) is 4.57 Å². The molecule has 3 aromatic carbocycles. The zero-order valence-electron chi connectivity index (χ0n) is 15.8. The number of benzene rings is 3. The van der Waals surface area contributed by atoms with Gasteiger partial charge in [0.1, 0.15) is 5.82 Å². The predicted molar refractivity (Wildman–Crippen MR) is 118 cm³/mol. The van der Waals surface area contributed by atoms with E-state index in [0.29, 0.717) is 18.1 Å². The van der Waals surface area contributed by atoms with Gasteiger partial charge in [0.05, 0.1) is 11.9 Å². The van der Waals surface area contributed by atoms with Crippen LogP contribution in [0, 0.1) is 0 Å². The molecule has 0 aliphatic rings. The van der Waals surface area contributed by atoms with Gasteiger partial charge in [-0.2, -0.15) is 0 Å². The second kappa shape index (κ2) is 8.41. The zero-order valence-corrected chi connectivity index (χ0v) is 16.6. The number of nitrogens with one attached hydrogen (secondary N) is 1. The van der Waals surface area contributed by atoms with Gasteiger partial charge in [-0.1, -0.05) is 78.3 Å². The molecule has 1 aromatic heterocycles. The van der Waals surface area contributed by atoms with Crippen molar-refractivity contribution in [3.05, 3.63) is 101 Å². The molecule has 2 N–H and O–H groups in total. The van der Waals surface area contributed by atoms with Crippen LogP contribution in [-0.4, -0.2) is 15.6 Å². The topological polar surface area (TPSA) is 54.3 Å². The Kier molecular flexibility index (Phi) is 5.54. The largest absolute Gasteiger partial charge is 0.481 e. The molecule has 146 valence electrons. The first-order chi connectivity index (χ1) is 14.1. The van der Waals surface area contributed by atoms with Gasteiger partial charge in [-0.15, -0.1) is 0 Å². The summed E-state index contributed by atoms with van der Waals surface area (Å²) >= 11 is 6.32. The van der Waals surface area contributed by atoms with Gasteiger partial charge in [-0.25, -0.2) is 0 Å². The molecule has 0 aliphatic carbocycles. The average Bonchev–Trinajstić information content (AvgIpc) is 3.00. The summed E-state index contributed by atoms with van der Waals surface area (Å²) in [4.78, 5) is 11.6. The van der Waals surface area contributed by atoms with Crippen LogP contribution in [0.1, 0.15) is 16.7 Å². The number of aliphatic carboxylic acids is 1. The highest BCUT2D eigenvalue weighted by molar-refractivity contribution is 6.31. The highest BCUT2D eigenvalue weighted by Gasteiger charge is 2.19. The first kappa shape index (κ1) is 19.1. The molecule has 0 spiro atoms. The zero-order chi connectivity index (χ0) is 20.2. The maximum atomic E-state index is 11.6. The lowest BCUT2D eigenvalue weighted by Crippen LogP contribution is -2.11. The van der Waals surface area contributed by atoms with E-state index in [1.54, 1.807) is 0 Å². The van der Waals surface area contributed by atoms with Crippen LogP contribution in [0.25, 0.3) is 10.9 Å². The second-order valence-electron chi connectivity index (χ2n) is 6.93. The molecule has 4 aromatic rings. The minimum Gasteiger partial charge on any atom is -0.481 e. The minimum atomic E-state index is -0.853. The van der Waals surface area contributed by atoms with E-state index in [-0.39, 0.29) is 6.42 Å². The minimum absolute atomic E-state index is 0.0485. The molecule has 29 heavy (non-hydrogen) atoms. The molecule has 5 heteroatoms. The van der Waals surface area contributed by atoms with Crippen LogP contribution < -0.4 is 5.32 Å². The molecule has 0 amide bonds. The van der Waals surface area contributed by atoms with E-state index in [1.807, 2.05) is 66.7 Å². The molecule has 0 saturated heterocycles. The molecule has 0 fully saturated rings. The maximum Gasteiger partial charge on any atom is 0.307 e. The van der Waals surface area contributed by atoms with Crippen molar-refractivity contribution >= 4 is 34.3 Å². The number of anilines is 1. The molecule has 0 aliphatic heterocycles. The summed E-state index contributed by atoms with van der Waals surface area (Å²) in [6.45, 7) is 1.16. The van der Waals surface area contributed by atoms with Crippen molar-refractivity contribution in [2.45, 2.75) is 19.5 Å². The lowest BCUT2D eigenvalue weighted by atomic mass is 10.1. The maximum absolute atomic E-state index is 11.6. The Bertz CT molecular complexity index is 1150. The third-order valence-corrected chi connectivity index (χ3v) is 5.36. The number of carboxylic acid groups (broad SMARTS) is 1. The quantitative estimate of drug-likeness (QED) is 0.422. The SMILES string of the molecule is O=C(O)Cc1c(NCc2ccccc2Cl)n(Cc2ccccc2)c2ccccc12. The lowest BCUT2D eigenvalue weighted by Gasteiger charge is -2.15. The van der Waals surface area contributed by atoms with Crippen molar-refractivity contribution in [3.63, 3.8) is 0 Å². The van der Waals surface area contributed by atoms with Crippen LogP contribution in [0.4, 0.5) is 5.82 Å².